The summed E-state index contributed by atoms with van der Waals surface area (Å²) in [5, 5.41) is 10.2. The third-order valence-corrected chi connectivity index (χ3v) is 2.21. The number of aromatic hydroxyl groups is 1. The molecule has 1 aromatic rings. The number of phenolic OH excluding ortho intramolecular Hbond substituents is 1. The summed E-state index contributed by atoms with van der Waals surface area (Å²) in [5.41, 5.74) is 0.770. The summed E-state index contributed by atoms with van der Waals surface area (Å²) >= 11 is 5.83. The predicted octanol–water partition coefficient (Wildman–Crippen LogP) is 2.78. The van der Waals surface area contributed by atoms with E-state index in [2.05, 4.69) is 0 Å². The van der Waals surface area contributed by atoms with E-state index in [1.807, 2.05) is 6.92 Å². The average Bonchev–Trinajstić information content (AvgIpc) is 2.18. The van der Waals surface area contributed by atoms with Crippen LogP contribution in [-0.2, 0) is 11.3 Å². The van der Waals surface area contributed by atoms with Crippen molar-refractivity contribution < 1.29 is 14.6 Å². The quantitative estimate of drug-likeness (QED) is 0.807. The molecule has 0 amide bonds. The molecule has 82 valence electrons. The van der Waals surface area contributed by atoms with Crippen molar-refractivity contribution in [3.8, 4) is 5.75 Å². The SMILES string of the molecule is CCOCc1cc(Cl)cc(C(C)=O)c1O. The van der Waals surface area contributed by atoms with Crippen molar-refractivity contribution in [2.75, 3.05) is 6.61 Å². The van der Waals surface area contributed by atoms with E-state index in [1.54, 1.807) is 6.07 Å². The Morgan fingerprint density at radius 1 is 1.53 bits per heavy atom. The van der Waals surface area contributed by atoms with Crippen molar-refractivity contribution in [3.05, 3.63) is 28.3 Å². The highest BCUT2D eigenvalue weighted by molar-refractivity contribution is 6.31. The van der Waals surface area contributed by atoms with E-state index >= 15 is 0 Å². The molecule has 0 bridgehead atoms. The number of hydrogen-bond acceptors (Lipinski definition) is 3. The molecule has 4 heteroatoms. The molecule has 1 rings (SSSR count). The molecule has 1 aromatic carbocycles. The molecular weight excluding hydrogens is 216 g/mol. The Labute approximate surface area is 93.6 Å². The molecule has 0 aliphatic heterocycles. The molecule has 0 fully saturated rings. The fraction of sp³-hybridized carbons (Fsp3) is 0.364. The minimum Gasteiger partial charge on any atom is -0.507 e. The maximum atomic E-state index is 11.2. The van der Waals surface area contributed by atoms with Gasteiger partial charge in [-0.2, -0.15) is 0 Å². The van der Waals surface area contributed by atoms with E-state index in [9.17, 15) is 9.90 Å². The average molecular weight is 229 g/mol. The van der Waals surface area contributed by atoms with E-state index in [0.29, 0.717) is 17.2 Å². The lowest BCUT2D eigenvalue weighted by Gasteiger charge is -2.08. The predicted molar refractivity (Wildman–Crippen MR) is 58.5 cm³/mol. The highest BCUT2D eigenvalue weighted by Crippen LogP contribution is 2.28. The van der Waals surface area contributed by atoms with E-state index in [4.69, 9.17) is 16.3 Å². The van der Waals surface area contributed by atoms with Gasteiger partial charge in [0.25, 0.3) is 0 Å². The topological polar surface area (TPSA) is 46.5 Å². The third kappa shape index (κ3) is 2.94. The van der Waals surface area contributed by atoms with Crippen molar-refractivity contribution in [3.63, 3.8) is 0 Å². The number of ketones is 1. The van der Waals surface area contributed by atoms with Gasteiger partial charge in [0.15, 0.2) is 5.78 Å². The minimum atomic E-state index is -0.215. The fourth-order valence-electron chi connectivity index (χ4n) is 1.25. The summed E-state index contributed by atoms with van der Waals surface area (Å²) in [6, 6.07) is 3.05. The molecule has 0 aromatic heterocycles. The Kier molecular flexibility index (Phi) is 4.12. The van der Waals surface area contributed by atoms with Gasteiger partial charge in [-0.25, -0.2) is 0 Å². The third-order valence-electron chi connectivity index (χ3n) is 1.99. The number of benzene rings is 1. The molecule has 3 nitrogen and oxygen atoms in total. The van der Waals surface area contributed by atoms with E-state index < -0.39 is 0 Å². The molecule has 0 unspecified atom stereocenters. The first-order valence-electron chi connectivity index (χ1n) is 4.66. The lowest BCUT2D eigenvalue weighted by molar-refractivity contribution is 0.101. The van der Waals surface area contributed by atoms with Gasteiger partial charge in [0, 0.05) is 17.2 Å². The molecule has 0 spiro atoms. The first kappa shape index (κ1) is 12.0. The van der Waals surface area contributed by atoms with Crippen molar-refractivity contribution in [1.29, 1.82) is 0 Å². The molecule has 1 N–H and O–H groups in total. The number of halogens is 1. The minimum absolute atomic E-state index is 0.0413. The highest BCUT2D eigenvalue weighted by atomic mass is 35.5. The maximum absolute atomic E-state index is 11.2. The largest absolute Gasteiger partial charge is 0.507 e. The number of carbonyl (C=O) groups is 1. The second-order valence-corrected chi connectivity index (χ2v) is 3.59. The number of hydrogen-bond donors (Lipinski definition) is 1. The smallest absolute Gasteiger partial charge is 0.163 e. The van der Waals surface area contributed by atoms with Crippen LogP contribution in [0, 0.1) is 0 Å². The number of phenols is 1. The Morgan fingerprint density at radius 3 is 2.73 bits per heavy atom. The molecule has 0 heterocycles. The van der Waals surface area contributed by atoms with Gasteiger partial charge in [-0.1, -0.05) is 11.6 Å². The van der Waals surface area contributed by atoms with Gasteiger partial charge >= 0.3 is 0 Å². The zero-order chi connectivity index (χ0) is 11.4. The zero-order valence-corrected chi connectivity index (χ0v) is 9.47. The van der Waals surface area contributed by atoms with Crippen LogP contribution in [0.15, 0.2) is 12.1 Å². The van der Waals surface area contributed by atoms with E-state index in [0.717, 1.165) is 0 Å². The number of carbonyl (C=O) groups excluding carboxylic acids is 1. The molecule has 0 aliphatic rings. The Bertz CT molecular complexity index is 374. The van der Waals surface area contributed by atoms with E-state index in [1.165, 1.54) is 13.0 Å². The maximum Gasteiger partial charge on any atom is 0.163 e. The Balaban J connectivity index is 3.10. The second-order valence-electron chi connectivity index (χ2n) is 3.15. The van der Waals surface area contributed by atoms with Crippen LogP contribution in [0.25, 0.3) is 0 Å². The van der Waals surface area contributed by atoms with Crippen LogP contribution in [0.3, 0.4) is 0 Å². The lowest BCUT2D eigenvalue weighted by Crippen LogP contribution is -1.99. The summed E-state index contributed by atoms with van der Waals surface area (Å²) in [7, 11) is 0. The Hall–Kier alpha value is -1.06. The summed E-state index contributed by atoms with van der Waals surface area (Å²) in [5.74, 6) is -0.256. The van der Waals surface area contributed by atoms with Crippen LogP contribution in [0.4, 0.5) is 0 Å². The molecule has 0 saturated heterocycles. The Morgan fingerprint density at radius 2 is 2.20 bits per heavy atom. The highest BCUT2D eigenvalue weighted by Gasteiger charge is 2.12. The van der Waals surface area contributed by atoms with Gasteiger partial charge in [-0.3, -0.25) is 4.79 Å². The van der Waals surface area contributed by atoms with Gasteiger partial charge in [-0.05, 0) is 26.0 Å². The summed E-state index contributed by atoms with van der Waals surface area (Å²) in [6.45, 7) is 4.04. The van der Waals surface area contributed by atoms with E-state index in [-0.39, 0.29) is 23.7 Å². The molecule has 0 saturated carbocycles. The number of ether oxygens (including phenoxy) is 1. The fourth-order valence-corrected chi connectivity index (χ4v) is 1.49. The molecule has 0 atom stereocenters. The molecule has 0 aliphatic carbocycles. The van der Waals surface area contributed by atoms with Crippen molar-refractivity contribution >= 4 is 17.4 Å². The van der Waals surface area contributed by atoms with Crippen LogP contribution >= 0.6 is 11.6 Å². The molecule has 0 radical (unpaired) electrons. The summed E-state index contributed by atoms with van der Waals surface area (Å²) < 4.78 is 5.16. The van der Waals surface area contributed by atoms with Crippen LogP contribution in [0.5, 0.6) is 5.75 Å². The zero-order valence-electron chi connectivity index (χ0n) is 8.71. The monoisotopic (exact) mass is 228 g/mol. The standard InChI is InChI=1S/C11H13ClO3/c1-3-15-6-8-4-9(12)5-10(7(2)13)11(8)14/h4-5,14H,3,6H2,1-2H3. The van der Waals surface area contributed by atoms with Crippen LogP contribution in [0.2, 0.25) is 5.02 Å². The first-order chi connectivity index (χ1) is 7.06. The number of Topliss-reactive ketones (excluding diaryl/α,β-unsaturated/α-hetero) is 1. The van der Waals surface area contributed by atoms with Gasteiger partial charge < -0.3 is 9.84 Å². The summed E-state index contributed by atoms with van der Waals surface area (Å²) in [6.07, 6.45) is 0. The molecule has 15 heavy (non-hydrogen) atoms. The van der Waals surface area contributed by atoms with Crippen molar-refractivity contribution in [1.82, 2.24) is 0 Å². The lowest BCUT2D eigenvalue weighted by atomic mass is 10.1. The first-order valence-corrected chi connectivity index (χ1v) is 5.04. The van der Waals surface area contributed by atoms with Crippen molar-refractivity contribution in [2.45, 2.75) is 20.5 Å². The summed E-state index contributed by atoms with van der Waals surface area (Å²) in [4.78, 5) is 11.2. The van der Waals surface area contributed by atoms with Gasteiger partial charge in [0.2, 0.25) is 0 Å². The van der Waals surface area contributed by atoms with Crippen LogP contribution < -0.4 is 0 Å². The second kappa shape index (κ2) is 5.14. The van der Waals surface area contributed by atoms with Gasteiger partial charge in [0.1, 0.15) is 5.75 Å². The molecular formula is C11H13ClO3. The van der Waals surface area contributed by atoms with Gasteiger partial charge in [0.05, 0.1) is 12.2 Å². The van der Waals surface area contributed by atoms with Crippen molar-refractivity contribution in [2.24, 2.45) is 0 Å². The number of rotatable bonds is 4. The van der Waals surface area contributed by atoms with Crippen LogP contribution in [-0.4, -0.2) is 17.5 Å². The normalized spacial score (nSPS) is 10.3. The van der Waals surface area contributed by atoms with Crippen LogP contribution in [0.1, 0.15) is 29.8 Å². The van der Waals surface area contributed by atoms with Gasteiger partial charge in [-0.15, -0.1) is 0 Å².